The van der Waals surface area contributed by atoms with E-state index in [1.54, 1.807) is 12.5 Å². The Bertz CT molecular complexity index is 1520. The number of nitrogen functional groups attached to an aromatic ring is 1. The fraction of sp³-hybridized carbons (Fsp3) is 0.259. The number of anilines is 1. The van der Waals surface area contributed by atoms with Crippen molar-refractivity contribution in [2.75, 3.05) is 18.9 Å². The van der Waals surface area contributed by atoms with Gasteiger partial charge in [0.25, 0.3) is 0 Å². The molecule has 0 unspecified atom stereocenters. The molecule has 10 heteroatoms. The predicted molar refractivity (Wildman–Crippen MR) is 138 cm³/mol. The summed E-state index contributed by atoms with van der Waals surface area (Å²) in [5.74, 6) is 2.52. The van der Waals surface area contributed by atoms with Crippen LogP contribution in [0.3, 0.4) is 0 Å². The zero-order chi connectivity index (χ0) is 25.2. The number of fused-ring (bicyclic) bond motifs is 1. The maximum atomic E-state index is 6.28. The first-order chi connectivity index (χ1) is 18.2. The molecule has 6 rings (SSSR count). The minimum absolute atomic E-state index is 0.217. The van der Waals surface area contributed by atoms with Gasteiger partial charge in [0.15, 0.2) is 5.65 Å². The number of nitrogens with zero attached hydrogens (tertiary/aromatic N) is 6. The third-order valence-corrected chi connectivity index (χ3v) is 6.53. The van der Waals surface area contributed by atoms with Crippen LogP contribution in [0.2, 0.25) is 0 Å². The standard InChI is InChI=1S/C27H27N7O3/c1-33-17-29-14-20(33)15-36-22-3-2-4-23(13-22)37-21-7-5-18(6-8-21)25-24-26(28)30-16-31-27(24)34(32-25)19-9-11-35-12-10-19/h2-8,13-14,16-17,19H,9-12,15H2,1H3,(H2,28,30,31). The first-order valence-electron chi connectivity index (χ1n) is 12.2. The Kier molecular flexibility index (Phi) is 6.15. The molecule has 1 aliphatic rings. The summed E-state index contributed by atoms with van der Waals surface area (Å²) in [6, 6.07) is 15.6. The number of imidazole rings is 1. The monoisotopic (exact) mass is 497 g/mol. The lowest BCUT2D eigenvalue weighted by Crippen LogP contribution is -2.20. The van der Waals surface area contributed by atoms with Gasteiger partial charge in [0.2, 0.25) is 0 Å². The van der Waals surface area contributed by atoms with Crippen LogP contribution < -0.4 is 15.2 Å². The van der Waals surface area contributed by atoms with Crippen LogP contribution in [0.15, 0.2) is 67.4 Å². The number of hydrogen-bond donors (Lipinski definition) is 1. The molecular formula is C27H27N7O3. The number of aromatic nitrogens is 6. The minimum Gasteiger partial charge on any atom is -0.487 e. The van der Waals surface area contributed by atoms with E-state index >= 15 is 0 Å². The van der Waals surface area contributed by atoms with Crippen LogP contribution in [-0.2, 0) is 18.4 Å². The van der Waals surface area contributed by atoms with E-state index < -0.39 is 0 Å². The van der Waals surface area contributed by atoms with Crippen molar-refractivity contribution in [3.8, 4) is 28.5 Å². The van der Waals surface area contributed by atoms with Crippen LogP contribution in [0.5, 0.6) is 17.2 Å². The van der Waals surface area contributed by atoms with Gasteiger partial charge >= 0.3 is 0 Å². The highest BCUT2D eigenvalue weighted by molar-refractivity contribution is 5.98. The number of rotatable bonds is 7. The maximum Gasteiger partial charge on any atom is 0.164 e. The van der Waals surface area contributed by atoms with Crippen molar-refractivity contribution in [1.29, 1.82) is 0 Å². The van der Waals surface area contributed by atoms with Crippen molar-refractivity contribution in [2.45, 2.75) is 25.5 Å². The smallest absolute Gasteiger partial charge is 0.164 e. The van der Waals surface area contributed by atoms with Gasteiger partial charge in [-0.25, -0.2) is 19.6 Å². The summed E-state index contributed by atoms with van der Waals surface area (Å²) in [7, 11) is 1.94. The van der Waals surface area contributed by atoms with E-state index in [1.807, 2.05) is 64.8 Å². The van der Waals surface area contributed by atoms with Crippen molar-refractivity contribution in [3.05, 3.63) is 73.1 Å². The van der Waals surface area contributed by atoms with Gasteiger partial charge in [-0.15, -0.1) is 0 Å². The van der Waals surface area contributed by atoms with E-state index in [0.29, 0.717) is 37.1 Å². The van der Waals surface area contributed by atoms with Gasteiger partial charge in [-0.1, -0.05) is 6.07 Å². The SMILES string of the molecule is Cn1cncc1COc1cccc(Oc2ccc(-c3nn(C4CCOCC4)c4ncnc(N)c34)cc2)c1. The molecule has 4 heterocycles. The first kappa shape index (κ1) is 23.0. The third kappa shape index (κ3) is 4.70. The topological polar surface area (TPSA) is 115 Å². The van der Waals surface area contributed by atoms with Crippen LogP contribution >= 0.6 is 0 Å². The fourth-order valence-electron chi connectivity index (χ4n) is 4.51. The molecule has 2 aromatic carbocycles. The molecule has 0 atom stereocenters. The van der Waals surface area contributed by atoms with Crippen molar-refractivity contribution < 1.29 is 14.2 Å². The number of ether oxygens (including phenoxy) is 3. The quantitative estimate of drug-likeness (QED) is 0.349. The average molecular weight is 498 g/mol. The maximum absolute atomic E-state index is 6.28. The van der Waals surface area contributed by atoms with Crippen molar-refractivity contribution >= 4 is 16.9 Å². The number of hydrogen-bond acceptors (Lipinski definition) is 8. The Morgan fingerprint density at radius 2 is 1.84 bits per heavy atom. The lowest BCUT2D eigenvalue weighted by molar-refractivity contribution is 0.0674. The molecule has 1 fully saturated rings. The van der Waals surface area contributed by atoms with Crippen molar-refractivity contribution in [2.24, 2.45) is 7.05 Å². The Hall–Kier alpha value is -4.44. The Morgan fingerprint density at radius 1 is 1.03 bits per heavy atom. The summed E-state index contributed by atoms with van der Waals surface area (Å²) in [6.07, 6.45) is 6.80. The van der Waals surface area contributed by atoms with Crippen molar-refractivity contribution in [1.82, 2.24) is 29.3 Å². The lowest BCUT2D eigenvalue weighted by atomic mass is 10.1. The van der Waals surface area contributed by atoms with Crippen LogP contribution in [0.25, 0.3) is 22.3 Å². The fourth-order valence-corrected chi connectivity index (χ4v) is 4.51. The van der Waals surface area contributed by atoms with Gasteiger partial charge in [0.1, 0.15) is 41.7 Å². The number of aryl methyl sites for hydroxylation is 1. The Labute approximate surface area is 213 Å². The van der Waals surface area contributed by atoms with E-state index in [-0.39, 0.29) is 6.04 Å². The van der Waals surface area contributed by atoms with Crippen LogP contribution in [0.4, 0.5) is 5.82 Å². The third-order valence-electron chi connectivity index (χ3n) is 6.53. The average Bonchev–Trinajstić information content (AvgIpc) is 3.53. The van der Waals surface area contributed by atoms with Gasteiger partial charge in [0, 0.05) is 31.9 Å². The molecule has 188 valence electrons. The van der Waals surface area contributed by atoms with Gasteiger partial charge in [-0.05, 0) is 49.2 Å². The highest BCUT2D eigenvalue weighted by atomic mass is 16.5. The predicted octanol–water partition coefficient (Wildman–Crippen LogP) is 4.53. The summed E-state index contributed by atoms with van der Waals surface area (Å²) in [6.45, 7) is 1.85. The highest BCUT2D eigenvalue weighted by Gasteiger charge is 2.24. The van der Waals surface area contributed by atoms with Gasteiger partial charge < -0.3 is 24.5 Å². The molecule has 37 heavy (non-hydrogen) atoms. The number of benzene rings is 2. The largest absolute Gasteiger partial charge is 0.487 e. The molecule has 0 aliphatic carbocycles. The second-order valence-corrected chi connectivity index (χ2v) is 8.98. The van der Waals surface area contributed by atoms with Gasteiger partial charge in [-0.3, -0.25) is 0 Å². The van der Waals surface area contributed by atoms with E-state index in [2.05, 4.69) is 15.0 Å². The molecule has 10 nitrogen and oxygen atoms in total. The molecule has 0 saturated carbocycles. The van der Waals surface area contributed by atoms with E-state index in [0.717, 1.165) is 46.6 Å². The highest BCUT2D eigenvalue weighted by Crippen LogP contribution is 2.35. The van der Waals surface area contributed by atoms with Gasteiger partial charge in [0.05, 0.1) is 29.6 Å². The molecular weight excluding hydrogens is 470 g/mol. The van der Waals surface area contributed by atoms with Crippen LogP contribution in [0.1, 0.15) is 24.6 Å². The molecule has 5 aromatic rings. The van der Waals surface area contributed by atoms with Crippen LogP contribution in [-0.4, -0.2) is 42.5 Å². The molecule has 1 aliphatic heterocycles. The summed E-state index contributed by atoms with van der Waals surface area (Å²) in [5, 5.41) is 5.70. The lowest BCUT2D eigenvalue weighted by Gasteiger charge is -2.22. The molecule has 0 bridgehead atoms. The molecule has 0 radical (unpaired) electrons. The second kappa shape index (κ2) is 9.90. The summed E-state index contributed by atoms with van der Waals surface area (Å²) >= 11 is 0. The summed E-state index contributed by atoms with van der Waals surface area (Å²) in [4.78, 5) is 12.8. The summed E-state index contributed by atoms with van der Waals surface area (Å²) < 4.78 is 21.4. The molecule has 1 saturated heterocycles. The second-order valence-electron chi connectivity index (χ2n) is 8.98. The normalized spacial score (nSPS) is 14.2. The van der Waals surface area contributed by atoms with Crippen LogP contribution in [0, 0.1) is 0 Å². The zero-order valence-electron chi connectivity index (χ0n) is 20.4. The van der Waals surface area contributed by atoms with Crippen molar-refractivity contribution in [3.63, 3.8) is 0 Å². The minimum atomic E-state index is 0.217. The Balaban J connectivity index is 1.22. The summed E-state index contributed by atoms with van der Waals surface area (Å²) in [5.41, 5.74) is 9.69. The first-order valence-corrected chi connectivity index (χ1v) is 12.2. The molecule has 2 N–H and O–H groups in total. The van der Waals surface area contributed by atoms with Gasteiger partial charge in [-0.2, -0.15) is 5.10 Å². The van der Waals surface area contributed by atoms with E-state index in [1.165, 1.54) is 6.33 Å². The van der Waals surface area contributed by atoms with E-state index in [9.17, 15) is 0 Å². The van der Waals surface area contributed by atoms with E-state index in [4.69, 9.17) is 25.0 Å². The molecule has 0 spiro atoms. The zero-order valence-corrected chi connectivity index (χ0v) is 20.4. The molecule has 0 amide bonds. The number of nitrogens with two attached hydrogens (primary N) is 1. The molecule has 3 aromatic heterocycles. The Morgan fingerprint density at radius 3 is 2.62 bits per heavy atom.